The number of hydrogen-bond donors (Lipinski definition) is 4. The second-order valence-electron chi connectivity index (χ2n) is 12.8. The van der Waals surface area contributed by atoms with Crippen molar-refractivity contribution in [1.29, 1.82) is 0 Å². The van der Waals surface area contributed by atoms with Crippen molar-refractivity contribution < 1.29 is 38.6 Å². The summed E-state index contributed by atoms with van der Waals surface area (Å²) in [6.45, 7) is 13.2. The molecule has 210 valence electrons. The van der Waals surface area contributed by atoms with Crippen LogP contribution >= 0.6 is 0 Å². The number of carboxylic acid groups (broad SMARTS) is 1. The van der Waals surface area contributed by atoms with Crippen LogP contribution in [0.3, 0.4) is 0 Å². The Labute approximate surface area is 219 Å². The van der Waals surface area contributed by atoms with Gasteiger partial charge in [-0.2, -0.15) is 0 Å². The number of aliphatic hydroxyl groups excluding tert-OH is 1. The molecule has 0 aromatic heterocycles. The number of carbonyl (C=O) groups is 3. The van der Waals surface area contributed by atoms with Gasteiger partial charge in [-0.15, -0.1) is 0 Å². The number of nitrogens with zero attached hydrogens (tertiary/aromatic N) is 1. The van der Waals surface area contributed by atoms with Crippen molar-refractivity contribution in [3.63, 3.8) is 0 Å². The number of fused-ring (bicyclic) bond motifs is 1. The van der Waals surface area contributed by atoms with Crippen LogP contribution in [-0.2, 0) is 23.6 Å². The number of aliphatic carboxylic acids is 1. The summed E-state index contributed by atoms with van der Waals surface area (Å²) >= 11 is 0. The molecule has 2 amide bonds. The van der Waals surface area contributed by atoms with Gasteiger partial charge < -0.3 is 40.2 Å². The second kappa shape index (κ2) is 10.4. The zero-order valence-corrected chi connectivity index (χ0v) is 23.2. The van der Waals surface area contributed by atoms with Gasteiger partial charge in [0.2, 0.25) is 5.91 Å². The lowest BCUT2D eigenvalue weighted by molar-refractivity contribution is -0.145. The van der Waals surface area contributed by atoms with Gasteiger partial charge in [0.25, 0.3) is 0 Å². The zero-order chi connectivity index (χ0) is 28.0. The summed E-state index contributed by atoms with van der Waals surface area (Å²) in [4.78, 5) is 39.1. The van der Waals surface area contributed by atoms with Crippen molar-refractivity contribution >= 4 is 25.1 Å². The molecule has 2 aliphatic heterocycles. The number of nitrogens with one attached hydrogen (secondary N) is 1. The van der Waals surface area contributed by atoms with E-state index in [2.05, 4.69) is 5.32 Å². The minimum Gasteiger partial charge on any atom is -0.480 e. The fourth-order valence-corrected chi connectivity index (χ4v) is 5.88. The first kappa shape index (κ1) is 29.7. The number of hydrogen-bond acceptors (Lipinski definition) is 8. The van der Waals surface area contributed by atoms with Crippen molar-refractivity contribution in [2.75, 3.05) is 19.7 Å². The summed E-state index contributed by atoms with van der Waals surface area (Å²) in [6, 6.07) is -1.14. The van der Waals surface area contributed by atoms with Gasteiger partial charge in [0, 0.05) is 13.1 Å². The smallest absolute Gasteiger partial charge is 0.457 e. The van der Waals surface area contributed by atoms with Crippen LogP contribution in [0.4, 0.5) is 4.79 Å². The molecule has 0 aromatic rings. The van der Waals surface area contributed by atoms with Crippen molar-refractivity contribution in [3.05, 3.63) is 0 Å². The van der Waals surface area contributed by atoms with E-state index in [9.17, 15) is 24.6 Å². The van der Waals surface area contributed by atoms with Crippen molar-refractivity contribution in [2.24, 2.45) is 23.5 Å². The summed E-state index contributed by atoms with van der Waals surface area (Å²) in [5, 5.41) is 22.2. The highest BCUT2D eigenvalue weighted by Gasteiger charge is 2.59. The summed E-state index contributed by atoms with van der Waals surface area (Å²) in [7, 11) is -0.370. The van der Waals surface area contributed by atoms with E-state index in [0.29, 0.717) is 32.3 Å². The predicted octanol–water partition coefficient (Wildman–Crippen LogP) is 1.62. The molecule has 1 saturated carbocycles. The Hall–Kier alpha value is -1.89. The zero-order valence-electron chi connectivity index (χ0n) is 23.2. The number of carboxylic acids is 1. The van der Waals surface area contributed by atoms with Gasteiger partial charge >= 0.3 is 19.2 Å². The van der Waals surface area contributed by atoms with E-state index in [1.807, 2.05) is 27.7 Å². The molecule has 3 rings (SSSR count). The molecular formula is C25H44BN3O8. The third-order valence-electron chi connectivity index (χ3n) is 8.41. The third kappa shape index (κ3) is 6.24. The first-order valence-electron chi connectivity index (χ1n) is 13.2. The summed E-state index contributed by atoms with van der Waals surface area (Å²) in [5.41, 5.74) is 3.49. The Bertz CT molecular complexity index is 876. The number of alkyl carbamates (subject to hydrolysis) is 1. The molecule has 2 saturated heterocycles. The second-order valence-corrected chi connectivity index (χ2v) is 12.8. The largest absolute Gasteiger partial charge is 0.480 e. The van der Waals surface area contributed by atoms with E-state index in [1.54, 1.807) is 25.7 Å². The summed E-state index contributed by atoms with van der Waals surface area (Å²) in [5.74, 6) is -1.95. The Morgan fingerprint density at radius 3 is 2.27 bits per heavy atom. The van der Waals surface area contributed by atoms with Crippen LogP contribution in [0.2, 0.25) is 6.32 Å². The van der Waals surface area contributed by atoms with Crippen LogP contribution in [0.1, 0.15) is 67.7 Å². The fraction of sp³-hybridized carbons (Fsp3) is 0.880. The minimum absolute atomic E-state index is 0.0761. The maximum Gasteiger partial charge on any atom is 0.457 e. The number of aliphatic hydroxyl groups is 1. The molecule has 0 aromatic carbocycles. The molecule has 5 N–H and O–H groups in total. The highest BCUT2D eigenvalue weighted by Crippen LogP contribution is 2.50. The van der Waals surface area contributed by atoms with Gasteiger partial charge in [0.05, 0.1) is 17.8 Å². The predicted molar refractivity (Wildman–Crippen MR) is 137 cm³/mol. The molecule has 12 heteroatoms. The molecular weight excluding hydrogens is 481 g/mol. The van der Waals surface area contributed by atoms with Gasteiger partial charge in [0.1, 0.15) is 17.2 Å². The quantitative estimate of drug-likeness (QED) is 0.345. The fourth-order valence-electron chi connectivity index (χ4n) is 5.88. The molecule has 2 heterocycles. The average molecular weight is 525 g/mol. The van der Waals surface area contributed by atoms with Crippen LogP contribution in [0.15, 0.2) is 0 Å². The monoisotopic (exact) mass is 525 g/mol. The van der Waals surface area contributed by atoms with E-state index in [4.69, 9.17) is 19.8 Å². The molecule has 0 spiro atoms. The van der Waals surface area contributed by atoms with Gasteiger partial charge in [-0.1, -0.05) is 6.42 Å². The topological polar surface area (TPSA) is 161 Å². The van der Waals surface area contributed by atoms with Gasteiger partial charge in [-0.3, -0.25) is 9.59 Å². The average Bonchev–Trinajstić information content (AvgIpc) is 3.32. The number of nitrogens with two attached hydrogens (primary N) is 1. The number of carbonyl (C=O) groups excluding carboxylic acids is 2. The summed E-state index contributed by atoms with van der Waals surface area (Å²) < 4.78 is 17.4. The van der Waals surface area contributed by atoms with Gasteiger partial charge in [-0.05, 0) is 85.4 Å². The molecule has 3 fully saturated rings. The van der Waals surface area contributed by atoms with Crippen molar-refractivity contribution in [2.45, 2.75) is 102 Å². The van der Waals surface area contributed by atoms with Crippen molar-refractivity contribution in [3.8, 4) is 0 Å². The third-order valence-corrected chi connectivity index (χ3v) is 8.41. The number of ether oxygens (including phenoxy) is 1. The lowest BCUT2D eigenvalue weighted by Crippen LogP contribution is -2.54. The molecule has 0 radical (unpaired) electrons. The maximum atomic E-state index is 13.1. The lowest BCUT2D eigenvalue weighted by Gasteiger charge is -2.32. The Balaban J connectivity index is 1.63. The van der Waals surface area contributed by atoms with Crippen LogP contribution in [0.25, 0.3) is 0 Å². The van der Waals surface area contributed by atoms with E-state index < -0.39 is 53.0 Å². The molecule has 11 nitrogen and oxygen atoms in total. The molecule has 1 unspecified atom stereocenters. The van der Waals surface area contributed by atoms with E-state index in [-0.39, 0.29) is 31.3 Å². The van der Waals surface area contributed by atoms with Crippen molar-refractivity contribution in [1.82, 2.24) is 10.2 Å². The molecule has 0 bridgehead atoms. The highest BCUT2D eigenvalue weighted by molar-refractivity contribution is 6.45. The molecule has 37 heavy (non-hydrogen) atoms. The number of amides is 2. The van der Waals surface area contributed by atoms with Crippen LogP contribution in [0.5, 0.6) is 0 Å². The lowest BCUT2D eigenvalue weighted by atomic mass is 9.75. The number of rotatable bonds is 8. The minimum atomic E-state index is -1.37. The standard InChI is InChI=1S/C25H44BN3O8/c1-22(2,3)35-21(34)28-18(14-30)19(31)29-12-15-11-25(27,20(32)33)17(16(15)13-29)9-8-10-26-36-23(4,5)24(6,7)37-26/h15-18,30H,8-14,27H2,1-7H3,(H,28,34)(H,32,33)/t15-,16+,17-,18?,25-/m0/s1. The van der Waals surface area contributed by atoms with E-state index in [0.717, 1.165) is 0 Å². The van der Waals surface area contributed by atoms with Gasteiger partial charge in [0.15, 0.2) is 0 Å². The van der Waals surface area contributed by atoms with E-state index >= 15 is 0 Å². The summed E-state index contributed by atoms with van der Waals surface area (Å²) in [6.07, 6.45) is 1.33. The Kier molecular flexibility index (Phi) is 8.30. The van der Waals surface area contributed by atoms with Crippen LogP contribution in [0, 0.1) is 17.8 Å². The van der Waals surface area contributed by atoms with Crippen LogP contribution < -0.4 is 11.1 Å². The Morgan fingerprint density at radius 2 is 1.76 bits per heavy atom. The normalized spacial score (nSPS) is 31.2. The van der Waals surface area contributed by atoms with E-state index in [1.165, 1.54) is 0 Å². The maximum absolute atomic E-state index is 13.1. The van der Waals surface area contributed by atoms with Crippen LogP contribution in [-0.4, -0.2) is 88.3 Å². The van der Waals surface area contributed by atoms with Gasteiger partial charge in [-0.25, -0.2) is 4.79 Å². The molecule has 5 atom stereocenters. The Morgan fingerprint density at radius 1 is 1.16 bits per heavy atom. The first-order chi connectivity index (χ1) is 16.9. The highest BCUT2D eigenvalue weighted by atomic mass is 16.7. The number of likely N-dealkylation sites (tertiary alicyclic amines) is 1. The SMILES string of the molecule is CC(C)(C)OC(=O)NC(CO)C(=O)N1C[C@@H]2C[C@@](N)(C(=O)O)[C@@H](CCCB3OC(C)(C)C(C)(C)O3)[C@@H]2C1. The molecule has 1 aliphatic carbocycles. The molecule has 3 aliphatic rings. The first-order valence-corrected chi connectivity index (χ1v) is 13.2.